The van der Waals surface area contributed by atoms with E-state index in [-0.39, 0.29) is 11.7 Å². The van der Waals surface area contributed by atoms with Crippen LogP contribution in [0.4, 0.5) is 15.8 Å². The predicted molar refractivity (Wildman–Crippen MR) is 91.9 cm³/mol. The van der Waals surface area contributed by atoms with Crippen molar-refractivity contribution in [2.75, 3.05) is 38.0 Å². The van der Waals surface area contributed by atoms with E-state index in [0.29, 0.717) is 5.69 Å². The van der Waals surface area contributed by atoms with Crippen molar-refractivity contribution in [3.05, 3.63) is 54.1 Å². The highest BCUT2D eigenvalue weighted by molar-refractivity contribution is 5.92. The number of halogens is 1. The fourth-order valence-electron chi connectivity index (χ4n) is 2.72. The van der Waals surface area contributed by atoms with E-state index in [0.717, 1.165) is 44.1 Å². The minimum atomic E-state index is -0.275. The van der Waals surface area contributed by atoms with Crippen molar-refractivity contribution in [1.82, 2.24) is 14.8 Å². The number of nitrogens with zero attached hydrogens (tertiary/aromatic N) is 3. The van der Waals surface area contributed by atoms with Gasteiger partial charge in [-0.25, -0.2) is 9.37 Å². The third-order valence-electron chi connectivity index (χ3n) is 4.22. The Labute approximate surface area is 141 Å². The fourth-order valence-corrected chi connectivity index (χ4v) is 2.72. The zero-order valence-electron chi connectivity index (χ0n) is 13.7. The molecule has 126 valence electrons. The molecule has 0 aliphatic carbocycles. The smallest absolute Gasteiger partial charge is 0.272 e. The Hall–Kier alpha value is -2.47. The van der Waals surface area contributed by atoms with Crippen molar-refractivity contribution < 1.29 is 9.18 Å². The Balaban J connectivity index is 1.61. The Morgan fingerprint density at radius 2 is 1.75 bits per heavy atom. The van der Waals surface area contributed by atoms with Crippen LogP contribution in [0, 0.1) is 5.82 Å². The lowest BCUT2D eigenvalue weighted by molar-refractivity contribution is 0.0637. The van der Waals surface area contributed by atoms with Gasteiger partial charge in [0, 0.05) is 31.9 Å². The molecule has 1 aliphatic heterocycles. The van der Waals surface area contributed by atoms with Gasteiger partial charge in [-0.1, -0.05) is 6.92 Å². The highest BCUT2D eigenvalue weighted by Crippen LogP contribution is 2.17. The van der Waals surface area contributed by atoms with Gasteiger partial charge in [-0.3, -0.25) is 4.79 Å². The summed E-state index contributed by atoms with van der Waals surface area (Å²) in [5.41, 5.74) is 1.98. The van der Waals surface area contributed by atoms with Crippen molar-refractivity contribution >= 4 is 17.3 Å². The number of carbonyl (C=O) groups is 1. The van der Waals surface area contributed by atoms with Crippen molar-refractivity contribution in [3.63, 3.8) is 0 Å². The first-order valence-corrected chi connectivity index (χ1v) is 8.16. The minimum Gasteiger partial charge on any atom is -0.354 e. The molecule has 1 fully saturated rings. The number of hydrogen-bond acceptors (Lipinski definition) is 4. The summed E-state index contributed by atoms with van der Waals surface area (Å²) < 4.78 is 12.9. The number of aromatic nitrogens is 1. The summed E-state index contributed by atoms with van der Waals surface area (Å²) in [5.74, 6) is -0.304. The van der Waals surface area contributed by atoms with Crippen LogP contribution in [-0.2, 0) is 0 Å². The highest BCUT2D eigenvalue weighted by atomic mass is 19.1. The normalized spacial score (nSPS) is 15.3. The highest BCUT2D eigenvalue weighted by Gasteiger charge is 2.21. The zero-order chi connectivity index (χ0) is 16.9. The fraction of sp³-hybridized carbons (Fsp3) is 0.333. The number of piperazine rings is 1. The molecule has 0 unspecified atom stereocenters. The molecule has 1 aromatic carbocycles. The van der Waals surface area contributed by atoms with Crippen molar-refractivity contribution in [2.24, 2.45) is 0 Å². The molecule has 24 heavy (non-hydrogen) atoms. The summed E-state index contributed by atoms with van der Waals surface area (Å²) in [6.45, 7) is 6.45. The molecule has 0 radical (unpaired) electrons. The molecule has 1 amide bonds. The average Bonchev–Trinajstić information content (AvgIpc) is 2.64. The number of likely N-dealkylation sites (N-methyl/N-ethyl adjacent to an activating group) is 1. The Morgan fingerprint density at radius 1 is 1.08 bits per heavy atom. The quantitative estimate of drug-likeness (QED) is 0.937. The number of nitrogens with one attached hydrogen (secondary N) is 1. The van der Waals surface area contributed by atoms with Gasteiger partial charge >= 0.3 is 0 Å². The standard InChI is InChI=1S/C18H21FN4O/c1-2-22-9-11-23(12-10-22)18(24)17-8-7-16(13-20-17)21-15-5-3-14(19)4-6-15/h3-8,13,21H,2,9-12H2,1H3. The molecular formula is C18H21FN4O. The van der Waals surface area contributed by atoms with Gasteiger partial charge in [-0.05, 0) is 42.9 Å². The lowest BCUT2D eigenvalue weighted by atomic mass is 10.2. The predicted octanol–water partition coefficient (Wildman–Crippen LogP) is 2.74. The topological polar surface area (TPSA) is 48.5 Å². The second-order valence-corrected chi connectivity index (χ2v) is 5.79. The number of carbonyl (C=O) groups excluding carboxylic acids is 1. The largest absolute Gasteiger partial charge is 0.354 e. The van der Waals surface area contributed by atoms with Crippen LogP contribution in [0.3, 0.4) is 0 Å². The van der Waals surface area contributed by atoms with Crippen LogP contribution in [-0.4, -0.2) is 53.4 Å². The summed E-state index contributed by atoms with van der Waals surface area (Å²) >= 11 is 0. The third kappa shape index (κ3) is 3.89. The molecule has 0 spiro atoms. The summed E-state index contributed by atoms with van der Waals surface area (Å²) in [6, 6.07) is 9.63. The van der Waals surface area contributed by atoms with E-state index in [1.165, 1.54) is 12.1 Å². The lowest BCUT2D eigenvalue weighted by Crippen LogP contribution is -2.48. The molecule has 5 nitrogen and oxygen atoms in total. The van der Waals surface area contributed by atoms with Crippen LogP contribution in [0.2, 0.25) is 0 Å². The van der Waals surface area contributed by atoms with Gasteiger partial charge in [0.05, 0.1) is 11.9 Å². The van der Waals surface area contributed by atoms with Gasteiger partial charge in [-0.2, -0.15) is 0 Å². The van der Waals surface area contributed by atoms with Crippen molar-refractivity contribution in [1.29, 1.82) is 0 Å². The number of pyridine rings is 1. The zero-order valence-corrected chi connectivity index (χ0v) is 13.7. The molecule has 6 heteroatoms. The molecule has 0 saturated carbocycles. The second kappa shape index (κ2) is 7.40. The SMILES string of the molecule is CCN1CCN(C(=O)c2ccc(Nc3ccc(F)cc3)cn2)CC1. The third-order valence-corrected chi connectivity index (χ3v) is 4.22. The maximum atomic E-state index is 12.9. The second-order valence-electron chi connectivity index (χ2n) is 5.79. The van der Waals surface area contributed by atoms with Gasteiger partial charge in [0.2, 0.25) is 0 Å². The first-order valence-electron chi connectivity index (χ1n) is 8.16. The summed E-state index contributed by atoms with van der Waals surface area (Å²) in [4.78, 5) is 20.9. The van der Waals surface area contributed by atoms with Crippen LogP contribution < -0.4 is 5.32 Å². The lowest BCUT2D eigenvalue weighted by Gasteiger charge is -2.33. The van der Waals surface area contributed by atoms with Crippen LogP contribution in [0.15, 0.2) is 42.6 Å². The number of hydrogen-bond donors (Lipinski definition) is 1. The van der Waals surface area contributed by atoms with Crippen LogP contribution >= 0.6 is 0 Å². The van der Waals surface area contributed by atoms with Crippen LogP contribution in [0.5, 0.6) is 0 Å². The van der Waals surface area contributed by atoms with E-state index in [9.17, 15) is 9.18 Å². The van der Waals surface area contributed by atoms with Crippen molar-refractivity contribution in [3.8, 4) is 0 Å². The van der Waals surface area contributed by atoms with Gasteiger partial charge in [0.1, 0.15) is 11.5 Å². The van der Waals surface area contributed by atoms with Gasteiger partial charge in [0.25, 0.3) is 5.91 Å². The van der Waals surface area contributed by atoms with E-state index in [1.54, 1.807) is 24.4 Å². The minimum absolute atomic E-state index is 0.0286. The van der Waals surface area contributed by atoms with Gasteiger partial charge in [-0.15, -0.1) is 0 Å². The summed E-state index contributed by atoms with van der Waals surface area (Å²) in [7, 11) is 0. The molecule has 1 saturated heterocycles. The van der Waals surface area contributed by atoms with E-state index < -0.39 is 0 Å². The molecule has 1 N–H and O–H groups in total. The van der Waals surface area contributed by atoms with Gasteiger partial charge in [0.15, 0.2) is 0 Å². The average molecular weight is 328 g/mol. The van der Waals surface area contributed by atoms with Crippen LogP contribution in [0.25, 0.3) is 0 Å². The van der Waals surface area contributed by atoms with Gasteiger partial charge < -0.3 is 15.1 Å². The molecule has 3 rings (SSSR count). The molecule has 2 heterocycles. The Morgan fingerprint density at radius 3 is 2.33 bits per heavy atom. The maximum absolute atomic E-state index is 12.9. The van der Waals surface area contributed by atoms with Crippen molar-refractivity contribution in [2.45, 2.75) is 6.92 Å². The van der Waals surface area contributed by atoms with E-state index in [1.807, 2.05) is 11.0 Å². The molecule has 1 aromatic heterocycles. The molecular weight excluding hydrogens is 307 g/mol. The summed E-state index contributed by atoms with van der Waals surface area (Å²) in [5, 5.41) is 3.13. The Kier molecular flexibility index (Phi) is 5.05. The number of benzene rings is 1. The van der Waals surface area contributed by atoms with E-state index >= 15 is 0 Å². The first kappa shape index (κ1) is 16.4. The molecule has 1 aliphatic rings. The maximum Gasteiger partial charge on any atom is 0.272 e. The number of anilines is 2. The molecule has 0 atom stereocenters. The number of amides is 1. The number of rotatable bonds is 4. The first-order chi connectivity index (χ1) is 11.7. The molecule has 2 aromatic rings. The Bertz CT molecular complexity index is 679. The monoisotopic (exact) mass is 328 g/mol. The summed E-state index contributed by atoms with van der Waals surface area (Å²) in [6.07, 6.45) is 1.62. The van der Waals surface area contributed by atoms with E-state index in [4.69, 9.17) is 0 Å². The van der Waals surface area contributed by atoms with E-state index in [2.05, 4.69) is 22.1 Å². The molecule has 0 bridgehead atoms. The van der Waals surface area contributed by atoms with Crippen LogP contribution in [0.1, 0.15) is 17.4 Å².